The maximum Gasteiger partial charge on any atom is 0.244 e. The van der Waals surface area contributed by atoms with E-state index in [1.54, 1.807) is 0 Å². The zero-order valence-corrected chi connectivity index (χ0v) is 29.0. The van der Waals surface area contributed by atoms with Gasteiger partial charge in [0.1, 0.15) is 44.7 Å². The lowest BCUT2D eigenvalue weighted by Crippen LogP contribution is -2.57. The monoisotopic (exact) mass is 698 g/mol. The normalized spacial score (nSPS) is 13.4. The molecule has 4 aromatic heterocycles. The predicted molar refractivity (Wildman–Crippen MR) is 226 cm³/mol. The fourth-order valence-corrected chi connectivity index (χ4v) is 10.7. The fourth-order valence-electron chi connectivity index (χ4n) is 10.7. The van der Waals surface area contributed by atoms with Crippen LogP contribution in [0, 0.1) is 0 Å². The lowest BCUT2D eigenvalue weighted by Gasteiger charge is -2.34. The van der Waals surface area contributed by atoms with Gasteiger partial charge in [0.25, 0.3) is 0 Å². The minimum Gasteiger partial charge on any atom is -0.455 e. The van der Waals surface area contributed by atoms with E-state index in [0.29, 0.717) is 0 Å². The predicted octanol–water partition coefficient (Wildman–Crippen LogP) is 12.1. The SMILES string of the molecule is c1cc2c3c(c1)-c1c4oc5ccccc5c4cc4c1c(cc1c5ccccc5oc41)B3c1cc3c4ccccc4oc3c3cc4c(oc5ccccc54)c-2c13. The number of furan rings is 4. The number of hydrogen-bond acceptors (Lipinski definition) is 4. The zero-order valence-electron chi connectivity index (χ0n) is 29.0. The number of hydrogen-bond donors (Lipinski definition) is 0. The minimum atomic E-state index is -0.0732. The average molecular weight is 699 g/mol. The van der Waals surface area contributed by atoms with Gasteiger partial charge >= 0.3 is 0 Å². The molecule has 2 aliphatic heterocycles. The van der Waals surface area contributed by atoms with Crippen molar-refractivity contribution in [3.05, 3.63) is 140 Å². The van der Waals surface area contributed by atoms with Crippen LogP contribution in [-0.2, 0) is 0 Å². The summed E-state index contributed by atoms with van der Waals surface area (Å²) < 4.78 is 27.4. The quantitative estimate of drug-likeness (QED) is 0.148. The van der Waals surface area contributed by atoms with E-state index in [-0.39, 0.29) is 6.71 Å². The zero-order chi connectivity index (χ0) is 35.3. The molecule has 0 N–H and O–H groups in total. The third-order valence-corrected chi connectivity index (χ3v) is 12.8. The van der Waals surface area contributed by atoms with E-state index in [2.05, 4.69) is 140 Å². The third kappa shape index (κ3) is 3.07. The van der Waals surface area contributed by atoms with Crippen LogP contribution in [0.1, 0.15) is 0 Å². The van der Waals surface area contributed by atoms with Crippen molar-refractivity contribution in [1.29, 1.82) is 0 Å². The Balaban J connectivity index is 1.23. The number of benzene rings is 9. The number of fused-ring (bicyclic) bond motifs is 20. The number of rotatable bonds is 0. The average Bonchev–Trinajstić information content (AvgIpc) is 4.00. The second kappa shape index (κ2) is 9.10. The van der Waals surface area contributed by atoms with Crippen molar-refractivity contribution in [2.24, 2.45) is 0 Å². The van der Waals surface area contributed by atoms with Crippen LogP contribution in [0.4, 0.5) is 0 Å². The summed E-state index contributed by atoms with van der Waals surface area (Å²) in [5.74, 6) is 0. The number of para-hydroxylation sites is 4. The Bertz CT molecular complexity index is 3710. The van der Waals surface area contributed by atoms with Crippen molar-refractivity contribution < 1.29 is 17.7 Å². The Hall–Kier alpha value is -7.24. The first-order valence-corrected chi connectivity index (χ1v) is 18.9. The van der Waals surface area contributed by atoms with Crippen molar-refractivity contribution >= 4 is 132 Å². The molecule has 0 atom stereocenters. The van der Waals surface area contributed by atoms with Gasteiger partial charge in [0.15, 0.2) is 0 Å². The van der Waals surface area contributed by atoms with E-state index in [4.69, 9.17) is 17.7 Å². The van der Waals surface area contributed by atoms with Gasteiger partial charge in [-0.1, -0.05) is 120 Å². The van der Waals surface area contributed by atoms with E-state index in [1.807, 2.05) is 0 Å². The van der Waals surface area contributed by atoms with Gasteiger partial charge in [0, 0.05) is 65.0 Å². The summed E-state index contributed by atoms with van der Waals surface area (Å²) in [5, 5.41) is 13.5. The molecule has 0 radical (unpaired) electrons. The highest BCUT2D eigenvalue weighted by Gasteiger charge is 2.42. The molecule has 4 nitrogen and oxygen atoms in total. The molecule has 6 heterocycles. The molecule has 0 fully saturated rings. The lowest BCUT2D eigenvalue weighted by molar-refractivity contribution is 0.669. The van der Waals surface area contributed by atoms with Crippen molar-refractivity contribution in [2.45, 2.75) is 0 Å². The van der Waals surface area contributed by atoms with Gasteiger partial charge in [-0.25, -0.2) is 0 Å². The van der Waals surface area contributed by atoms with Gasteiger partial charge in [0.05, 0.1) is 0 Å². The molecule has 5 heteroatoms. The van der Waals surface area contributed by atoms with Crippen molar-refractivity contribution in [3.8, 4) is 22.3 Å². The topological polar surface area (TPSA) is 52.6 Å². The second-order valence-electron chi connectivity index (χ2n) is 15.4. The summed E-state index contributed by atoms with van der Waals surface area (Å²) in [7, 11) is 0. The summed E-state index contributed by atoms with van der Waals surface area (Å²) >= 11 is 0. The van der Waals surface area contributed by atoms with Gasteiger partial charge in [-0.2, -0.15) is 0 Å². The molecule has 2 aliphatic rings. The summed E-state index contributed by atoms with van der Waals surface area (Å²) in [6, 6.07) is 49.9. The molecular formula is C50H23BO4. The summed E-state index contributed by atoms with van der Waals surface area (Å²) in [4.78, 5) is 0. The van der Waals surface area contributed by atoms with Gasteiger partial charge in [-0.05, 0) is 58.3 Å². The first-order chi connectivity index (χ1) is 27.3. The maximum atomic E-state index is 6.90. The molecule has 55 heavy (non-hydrogen) atoms. The van der Waals surface area contributed by atoms with Gasteiger partial charge < -0.3 is 17.7 Å². The van der Waals surface area contributed by atoms with E-state index < -0.39 is 0 Å². The van der Waals surface area contributed by atoms with Crippen LogP contribution in [0.5, 0.6) is 0 Å². The Labute approximate surface area is 310 Å². The first-order valence-electron chi connectivity index (χ1n) is 18.9. The molecule has 0 saturated heterocycles. The molecular weight excluding hydrogens is 675 g/mol. The lowest BCUT2D eigenvalue weighted by atomic mass is 9.31. The van der Waals surface area contributed by atoms with Crippen LogP contribution in [0.25, 0.3) is 132 Å². The van der Waals surface area contributed by atoms with Crippen molar-refractivity contribution in [1.82, 2.24) is 0 Å². The summed E-state index contributed by atoms with van der Waals surface area (Å²) in [6.07, 6.45) is 0. The van der Waals surface area contributed by atoms with Gasteiger partial charge in [0.2, 0.25) is 6.71 Å². The van der Waals surface area contributed by atoms with Crippen LogP contribution in [-0.4, -0.2) is 6.71 Å². The third-order valence-electron chi connectivity index (χ3n) is 12.8. The van der Waals surface area contributed by atoms with E-state index in [9.17, 15) is 0 Å². The molecule has 250 valence electrons. The highest BCUT2D eigenvalue weighted by Crippen LogP contribution is 2.50. The van der Waals surface area contributed by atoms with Gasteiger partial charge in [-0.15, -0.1) is 0 Å². The Kier molecular flexibility index (Phi) is 4.53. The van der Waals surface area contributed by atoms with Crippen LogP contribution in [0.2, 0.25) is 0 Å². The smallest absolute Gasteiger partial charge is 0.244 e. The molecule has 0 aliphatic carbocycles. The molecule has 0 amide bonds. The van der Waals surface area contributed by atoms with Crippen molar-refractivity contribution in [3.63, 3.8) is 0 Å². The van der Waals surface area contributed by atoms with Crippen LogP contribution >= 0.6 is 0 Å². The van der Waals surface area contributed by atoms with Crippen molar-refractivity contribution in [2.75, 3.05) is 0 Å². The fraction of sp³-hybridized carbons (Fsp3) is 0. The summed E-state index contributed by atoms with van der Waals surface area (Å²) in [6.45, 7) is -0.0732. The Morgan fingerprint density at radius 1 is 0.309 bits per heavy atom. The van der Waals surface area contributed by atoms with E-state index in [0.717, 1.165) is 110 Å². The van der Waals surface area contributed by atoms with Crippen LogP contribution < -0.4 is 16.4 Å². The standard InChI is InChI=1S/C50H23BO4/c1-7-18-40-24(10-1)30-20-34-42-36(22-32-26-12-3-5-16-38(26)52-47(32)34)51-37-23-33-27-13-4-6-17-39(27)53-48(33)35-21-31-25-11-2-8-19-41(25)55-50(31)45(43(35)37)29-15-9-14-28(46(29)51)44(42)49(30)54-40/h1-23H. The van der Waals surface area contributed by atoms with Crippen LogP contribution in [0.15, 0.2) is 157 Å². The van der Waals surface area contributed by atoms with E-state index >= 15 is 0 Å². The molecule has 15 rings (SSSR count). The van der Waals surface area contributed by atoms with E-state index in [1.165, 1.54) is 38.3 Å². The highest BCUT2D eigenvalue weighted by atomic mass is 16.3. The molecule has 0 spiro atoms. The summed E-state index contributed by atoms with van der Waals surface area (Å²) in [5.41, 5.74) is 15.6. The second-order valence-corrected chi connectivity index (χ2v) is 15.4. The van der Waals surface area contributed by atoms with Gasteiger partial charge in [-0.3, -0.25) is 0 Å². The molecule has 13 aromatic rings. The first kappa shape index (κ1) is 27.4. The maximum absolute atomic E-state index is 6.90. The highest BCUT2D eigenvalue weighted by molar-refractivity contribution is 7.02. The molecule has 0 bridgehead atoms. The molecule has 0 saturated carbocycles. The minimum absolute atomic E-state index is 0.0732. The molecule has 0 unspecified atom stereocenters. The largest absolute Gasteiger partial charge is 0.455 e. The molecule has 9 aromatic carbocycles. The van der Waals surface area contributed by atoms with Crippen LogP contribution in [0.3, 0.4) is 0 Å². The Morgan fingerprint density at radius 2 is 0.673 bits per heavy atom. The Morgan fingerprint density at radius 3 is 1.09 bits per heavy atom.